The number of aromatic nitrogens is 3. The number of amides is 1. The predicted octanol–water partition coefficient (Wildman–Crippen LogP) is 1.77. The van der Waals surface area contributed by atoms with Gasteiger partial charge >= 0.3 is 0 Å². The van der Waals surface area contributed by atoms with Crippen molar-refractivity contribution in [2.45, 2.75) is 50.9 Å². The summed E-state index contributed by atoms with van der Waals surface area (Å²) in [6.45, 7) is 3.30. The fraction of sp³-hybridized carbons (Fsp3) is 0.643. The minimum Gasteiger partial charge on any atom is -0.324 e. The zero-order chi connectivity index (χ0) is 15.2. The van der Waals surface area contributed by atoms with Crippen molar-refractivity contribution >= 4 is 17.7 Å². The Hall–Kier alpha value is -1.34. The Bertz CT molecular complexity index is 525. The lowest BCUT2D eigenvalue weighted by atomic mass is 10.3. The van der Waals surface area contributed by atoms with Crippen LogP contribution >= 0.6 is 11.8 Å². The maximum atomic E-state index is 12.2. The Morgan fingerprint density at radius 3 is 2.95 bits per heavy atom. The molecule has 0 saturated carbocycles. The van der Waals surface area contributed by atoms with Crippen LogP contribution in [0.4, 0.5) is 0 Å². The van der Waals surface area contributed by atoms with Crippen LogP contribution in [0.5, 0.6) is 0 Å². The Balaban J connectivity index is 1.96. The van der Waals surface area contributed by atoms with E-state index in [0.717, 1.165) is 48.9 Å². The number of nitrogens with zero attached hydrogens (tertiary/aromatic N) is 4. The van der Waals surface area contributed by atoms with Gasteiger partial charge in [0.05, 0.1) is 12.3 Å². The van der Waals surface area contributed by atoms with Gasteiger partial charge in [-0.2, -0.15) is 0 Å². The van der Waals surface area contributed by atoms with E-state index in [9.17, 15) is 4.79 Å². The summed E-state index contributed by atoms with van der Waals surface area (Å²) in [6.07, 6.45) is 6.35. The van der Waals surface area contributed by atoms with Gasteiger partial charge in [-0.3, -0.25) is 4.79 Å². The summed E-state index contributed by atoms with van der Waals surface area (Å²) in [5.41, 5.74) is 6.80. The third kappa shape index (κ3) is 3.85. The summed E-state index contributed by atoms with van der Waals surface area (Å²) in [5, 5.41) is 9.01. The highest BCUT2D eigenvalue weighted by atomic mass is 32.2. The average molecular weight is 309 g/mol. The molecule has 116 valence electrons. The van der Waals surface area contributed by atoms with Gasteiger partial charge in [-0.1, -0.05) is 24.8 Å². The third-order valence-electron chi connectivity index (χ3n) is 3.57. The largest absolute Gasteiger partial charge is 0.324 e. The van der Waals surface area contributed by atoms with Gasteiger partial charge in [-0.25, -0.2) is 0 Å². The zero-order valence-corrected chi connectivity index (χ0v) is 13.5. The molecule has 21 heavy (non-hydrogen) atoms. The van der Waals surface area contributed by atoms with Gasteiger partial charge in [0.2, 0.25) is 5.91 Å². The summed E-state index contributed by atoms with van der Waals surface area (Å²) in [4.78, 5) is 14.0. The average Bonchev–Trinajstić information content (AvgIpc) is 3.14. The molecule has 1 aliphatic rings. The molecule has 0 atom stereocenters. The highest BCUT2D eigenvalue weighted by Crippen LogP contribution is 2.23. The van der Waals surface area contributed by atoms with Crippen LogP contribution < -0.4 is 5.73 Å². The fourth-order valence-electron chi connectivity index (χ4n) is 2.37. The first kappa shape index (κ1) is 16.0. The minimum absolute atomic E-state index is 0.105. The molecule has 0 radical (unpaired) electrons. The van der Waals surface area contributed by atoms with Crippen LogP contribution in [0.3, 0.4) is 0 Å². The second kappa shape index (κ2) is 7.61. The van der Waals surface area contributed by atoms with Gasteiger partial charge in [0.15, 0.2) is 5.16 Å². The van der Waals surface area contributed by atoms with Gasteiger partial charge in [-0.05, 0) is 25.7 Å². The maximum absolute atomic E-state index is 12.2. The van der Waals surface area contributed by atoms with Gasteiger partial charge < -0.3 is 15.2 Å². The van der Waals surface area contributed by atoms with Gasteiger partial charge in [0, 0.05) is 19.3 Å². The molecule has 0 fully saturated rings. The van der Waals surface area contributed by atoms with Gasteiger partial charge in [0.1, 0.15) is 5.82 Å². The lowest BCUT2D eigenvalue weighted by Crippen LogP contribution is -2.27. The van der Waals surface area contributed by atoms with Crippen molar-refractivity contribution in [3.8, 4) is 0 Å². The number of carbonyl (C=O) groups excluding carboxylic acids is 1. The molecule has 1 heterocycles. The van der Waals surface area contributed by atoms with Crippen molar-refractivity contribution in [1.82, 2.24) is 19.7 Å². The first-order valence-corrected chi connectivity index (χ1v) is 8.36. The van der Waals surface area contributed by atoms with Crippen LogP contribution in [-0.2, 0) is 17.9 Å². The Kier molecular flexibility index (Phi) is 5.81. The molecule has 2 rings (SSSR count). The van der Waals surface area contributed by atoms with Crippen LogP contribution in [0.25, 0.3) is 0 Å². The molecule has 0 unspecified atom stereocenters. The lowest BCUT2D eigenvalue weighted by Gasteiger charge is -2.18. The summed E-state index contributed by atoms with van der Waals surface area (Å²) in [7, 11) is 1.85. The van der Waals surface area contributed by atoms with Crippen LogP contribution in [-0.4, -0.2) is 38.4 Å². The highest BCUT2D eigenvalue weighted by Gasteiger charge is 2.18. The smallest absolute Gasteiger partial charge is 0.236 e. The van der Waals surface area contributed by atoms with E-state index in [4.69, 9.17) is 5.73 Å². The highest BCUT2D eigenvalue weighted by molar-refractivity contribution is 7.99. The summed E-state index contributed by atoms with van der Waals surface area (Å²) < 4.78 is 2.01. The molecule has 2 N–H and O–H groups in total. The number of hydrogen-bond donors (Lipinski definition) is 1. The number of carbonyl (C=O) groups is 1. The molecule has 0 saturated heterocycles. The second-order valence-electron chi connectivity index (χ2n) is 5.08. The van der Waals surface area contributed by atoms with Crippen molar-refractivity contribution in [2.24, 2.45) is 5.73 Å². The zero-order valence-electron chi connectivity index (χ0n) is 12.7. The van der Waals surface area contributed by atoms with E-state index in [1.165, 1.54) is 11.8 Å². The Morgan fingerprint density at radius 2 is 2.33 bits per heavy atom. The standard InChI is InChI=1S/C14H23N5OS/c1-3-8-19-12(9-15)16-17-14(19)21-10-13(20)18(2)11-6-4-5-7-11/h6H,3-5,7-10,15H2,1-2H3. The molecule has 0 spiro atoms. The summed E-state index contributed by atoms with van der Waals surface area (Å²) in [6, 6.07) is 0. The molecule has 1 aromatic heterocycles. The van der Waals surface area contributed by atoms with Gasteiger partial charge in [0.25, 0.3) is 0 Å². The molecule has 7 heteroatoms. The van der Waals surface area contributed by atoms with Crippen molar-refractivity contribution in [1.29, 1.82) is 0 Å². The quantitative estimate of drug-likeness (QED) is 0.777. The number of thioether (sulfide) groups is 1. The molecular formula is C14H23N5OS. The normalized spacial score (nSPS) is 14.3. The van der Waals surface area contributed by atoms with Crippen molar-refractivity contribution in [2.75, 3.05) is 12.8 Å². The molecule has 0 aromatic carbocycles. The topological polar surface area (TPSA) is 77.0 Å². The number of hydrogen-bond acceptors (Lipinski definition) is 5. The van der Waals surface area contributed by atoms with Crippen LogP contribution in [0, 0.1) is 0 Å². The molecule has 0 aliphatic heterocycles. The molecule has 0 bridgehead atoms. The molecular weight excluding hydrogens is 286 g/mol. The minimum atomic E-state index is 0.105. The van der Waals surface area contributed by atoms with E-state index in [-0.39, 0.29) is 5.91 Å². The van der Waals surface area contributed by atoms with Crippen LogP contribution in [0.2, 0.25) is 0 Å². The second-order valence-corrected chi connectivity index (χ2v) is 6.03. The fourth-order valence-corrected chi connectivity index (χ4v) is 3.26. The van der Waals surface area contributed by atoms with Gasteiger partial charge in [-0.15, -0.1) is 10.2 Å². The molecule has 1 aromatic rings. The first-order valence-electron chi connectivity index (χ1n) is 7.37. The van der Waals surface area contributed by atoms with E-state index in [1.807, 2.05) is 11.6 Å². The van der Waals surface area contributed by atoms with Crippen molar-refractivity contribution in [3.05, 3.63) is 17.6 Å². The van der Waals surface area contributed by atoms with E-state index in [0.29, 0.717) is 12.3 Å². The predicted molar refractivity (Wildman–Crippen MR) is 83.6 cm³/mol. The lowest BCUT2D eigenvalue weighted by molar-refractivity contribution is -0.125. The van der Waals surface area contributed by atoms with E-state index >= 15 is 0 Å². The third-order valence-corrected chi connectivity index (χ3v) is 4.52. The Labute approximate surface area is 129 Å². The number of allylic oxidation sites excluding steroid dienone is 2. The summed E-state index contributed by atoms with van der Waals surface area (Å²) >= 11 is 1.43. The molecule has 6 nitrogen and oxygen atoms in total. The first-order chi connectivity index (χ1) is 10.2. The maximum Gasteiger partial charge on any atom is 0.236 e. The van der Waals surface area contributed by atoms with E-state index < -0.39 is 0 Å². The van der Waals surface area contributed by atoms with Crippen molar-refractivity contribution in [3.63, 3.8) is 0 Å². The number of nitrogens with two attached hydrogens (primary N) is 1. The monoisotopic (exact) mass is 309 g/mol. The number of rotatable bonds is 7. The van der Waals surface area contributed by atoms with E-state index in [2.05, 4.69) is 23.2 Å². The molecule has 1 aliphatic carbocycles. The summed E-state index contributed by atoms with van der Waals surface area (Å²) in [5.74, 6) is 1.26. The Morgan fingerprint density at radius 1 is 1.52 bits per heavy atom. The van der Waals surface area contributed by atoms with Crippen LogP contribution in [0.1, 0.15) is 38.4 Å². The van der Waals surface area contributed by atoms with Crippen LogP contribution in [0.15, 0.2) is 16.9 Å². The van der Waals surface area contributed by atoms with E-state index in [1.54, 1.807) is 4.90 Å². The SMILES string of the molecule is CCCn1c(CN)nnc1SCC(=O)N(C)C1=CCCC1. The van der Waals surface area contributed by atoms with Crippen molar-refractivity contribution < 1.29 is 4.79 Å². The molecule has 1 amide bonds.